The lowest BCUT2D eigenvalue weighted by atomic mass is 10.1. The van der Waals surface area contributed by atoms with Crippen LogP contribution in [0, 0.1) is 12.7 Å². The van der Waals surface area contributed by atoms with Crippen LogP contribution in [0.3, 0.4) is 0 Å². The van der Waals surface area contributed by atoms with E-state index in [4.69, 9.17) is 16.3 Å². The molecule has 0 aliphatic heterocycles. The molecule has 1 aromatic heterocycles. The van der Waals surface area contributed by atoms with Gasteiger partial charge in [0.15, 0.2) is 18.2 Å². The van der Waals surface area contributed by atoms with Crippen molar-refractivity contribution < 1.29 is 13.9 Å². The van der Waals surface area contributed by atoms with Gasteiger partial charge < -0.3 is 4.74 Å². The summed E-state index contributed by atoms with van der Waals surface area (Å²) < 4.78 is 18.4. The second kappa shape index (κ2) is 7.40. The lowest BCUT2D eigenvalue weighted by molar-refractivity contribution is 0.0918. The SMILES string of the molecule is Cc1cc(OCC(=O)c2ccc(F)cc2)nc(-c2cccc(Cl)c2)n1. The van der Waals surface area contributed by atoms with Crippen molar-refractivity contribution in [2.75, 3.05) is 6.61 Å². The molecule has 25 heavy (non-hydrogen) atoms. The molecule has 0 amide bonds. The highest BCUT2D eigenvalue weighted by Gasteiger charge is 2.10. The second-order valence-electron chi connectivity index (χ2n) is 5.40. The molecule has 3 aromatic rings. The van der Waals surface area contributed by atoms with Crippen molar-refractivity contribution in [3.05, 3.63) is 76.7 Å². The molecule has 0 spiro atoms. The number of aryl methyl sites for hydroxylation is 1. The van der Waals surface area contributed by atoms with Crippen LogP contribution in [0.4, 0.5) is 4.39 Å². The lowest BCUT2D eigenvalue weighted by Crippen LogP contribution is -2.12. The number of ether oxygens (including phenoxy) is 1. The van der Waals surface area contributed by atoms with Crippen molar-refractivity contribution in [1.82, 2.24) is 9.97 Å². The minimum Gasteiger partial charge on any atom is -0.469 e. The Morgan fingerprint density at radius 1 is 1.12 bits per heavy atom. The summed E-state index contributed by atoms with van der Waals surface area (Å²) in [5, 5.41) is 0.580. The number of ketones is 1. The van der Waals surface area contributed by atoms with Crippen LogP contribution in [0.2, 0.25) is 5.02 Å². The molecule has 0 fully saturated rings. The zero-order valence-electron chi connectivity index (χ0n) is 13.4. The number of aromatic nitrogens is 2. The fourth-order valence-electron chi connectivity index (χ4n) is 2.23. The summed E-state index contributed by atoms with van der Waals surface area (Å²) in [6.07, 6.45) is 0. The Labute approximate surface area is 149 Å². The van der Waals surface area contributed by atoms with Crippen molar-refractivity contribution >= 4 is 17.4 Å². The molecule has 0 aliphatic carbocycles. The van der Waals surface area contributed by atoms with E-state index in [0.29, 0.717) is 22.1 Å². The molecular weight excluding hydrogens is 343 g/mol. The van der Waals surface area contributed by atoms with Crippen LogP contribution in [0.15, 0.2) is 54.6 Å². The number of carbonyl (C=O) groups excluding carboxylic acids is 1. The fourth-order valence-corrected chi connectivity index (χ4v) is 2.42. The van der Waals surface area contributed by atoms with Gasteiger partial charge >= 0.3 is 0 Å². The van der Waals surface area contributed by atoms with E-state index in [9.17, 15) is 9.18 Å². The molecule has 1 heterocycles. The van der Waals surface area contributed by atoms with Gasteiger partial charge in [0.2, 0.25) is 5.88 Å². The quantitative estimate of drug-likeness (QED) is 0.631. The maximum Gasteiger partial charge on any atom is 0.217 e. The third-order valence-electron chi connectivity index (χ3n) is 3.43. The van der Waals surface area contributed by atoms with Gasteiger partial charge in [0.1, 0.15) is 5.82 Å². The van der Waals surface area contributed by atoms with Crippen molar-refractivity contribution in [3.8, 4) is 17.3 Å². The first-order chi connectivity index (χ1) is 12.0. The van der Waals surface area contributed by atoms with Crippen LogP contribution in [-0.2, 0) is 0 Å². The van der Waals surface area contributed by atoms with Crippen LogP contribution in [0.1, 0.15) is 16.1 Å². The predicted octanol–water partition coefficient (Wildman–Crippen LogP) is 4.51. The average molecular weight is 357 g/mol. The van der Waals surface area contributed by atoms with Crippen LogP contribution in [0.5, 0.6) is 5.88 Å². The third-order valence-corrected chi connectivity index (χ3v) is 3.67. The Balaban J connectivity index is 1.76. The van der Waals surface area contributed by atoms with Crippen LogP contribution < -0.4 is 4.74 Å². The Morgan fingerprint density at radius 2 is 1.88 bits per heavy atom. The molecule has 126 valence electrons. The maximum absolute atomic E-state index is 12.9. The molecule has 0 N–H and O–H groups in total. The fraction of sp³-hybridized carbons (Fsp3) is 0.105. The summed E-state index contributed by atoms with van der Waals surface area (Å²) in [6, 6.07) is 14.1. The van der Waals surface area contributed by atoms with Gasteiger partial charge in [-0.3, -0.25) is 4.79 Å². The summed E-state index contributed by atoms with van der Waals surface area (Å²) in [7, 11) is 0. The first kappa shape index (κ1) is 17.0. The average Bonchev–Trinajstić information content (AvgIpc) is 2.60. The van der Waals surface area contributed by atoms with Gasteiger partial charge in [-0.2, -0.15) is 4.98 Å². The maximum atomic E-state index is 12.9. The van der Waals surface area contributed by atoms with Gasteiger partial charge in [-0.1, -0.05) is 23.7 Å². The van der Waals surface area contributed by atoms with Gasteiger partial charge in [-0.25, -0.2) is 9.37 Å². The van der Waals surface area contributed by atoms with E-state index in [-0.39, 0.29) is 18.3 Å². The van der Waals surface area contributed by atoms with Gasteiger partial charge in [0.05, 0.1) is 0 Å². The molecular formula is C19H14ClFN2O2. The van der Waals surface area contributed by atoms with Crippen LogP contribution >= 0.6 is 11.6 Å². The molecule has 0 radical (unpaired) electrons. The topological polar surface area (TPSA) is 52.1 Å². The van der Waals surface area contributed by atoms with Gasteiger partial charge in [0.25, 0.3) is 0 Å². The molecule has 0 aliphatic rings. The summed E-state index contributed by atoms with van der Waals surface area (Å²) in [5.41, 5.74) is 1.84. The minimum atomic E-state index is -0.393. The highest BCUT2D eigenvalue weighted by Crippen LogP contribution is 2.22. The van der Waals surface area contributed by atoms with Crippen molar-refractivity contribution in [2.24, 2.45) is 0 Å². The van der Waals surface area contributed by atoms with Crippen molar-refractivity contribution in [3.63, 3.8) is 0 Å². The smallest absolute Gasteiger partial charge is 0.217 e. The van der Waals surface area contributed by atoms with Crippen LogP contribution in [-0.4, -0.2) is 22.4 Å². The highest BCUT2D eigenvalue weighted by molar-refractivity contribution is 6.30. The van der Waals surface area contributed by atoms with Gasteiger partial charge in [-0.15, -0.1) is 0 Å². The molecule has 2 aromatic carbocycles. The molecule has 0 unspecified atom stereocenters. The molecule has 0 saturated carbocycles. The largest absolute Gasteiger partial charge is 0.469 e. The normalized spacial score (nSPS) is 10.5. The zero-order chi connectivity index (χ0) is 17.8. The third kappa shape index (κ3) is 4.39. The van der Waals surface area contributed by atoms with Gasteiger partial charge in [-0.05, 0) is 43.3 Å². The van der Waals surface area contributed by atoms with E-state index in [1.165, 1.54) is 24.3 Å². The Kier molecular flexibility index (Phi) is 5.05. The number of Topliss-reactive ketones (excluding diaryl/α,β-unsaturated/α-hetero) is 1. The number of benzene rings is 2. The number of hydrogen-bond donors (Lipinski definition) is 0. The summed E-state index contributed by atoms with van der Waals surface area (Å²) in [4.78, 5) is 20.8. The number of carbonyl (C=O) groups is 1. The zero-order valence-corrected chi connectivity index (χ0v) is 14.1. The van der Waals surface area contributed by atoms with E-state index in [0.717, 1.165) is 5.56 Å². The molecule has 0 saturated heterocycles. The van der Waals surface area contributed by atoms with E-state index >= 15 is 0 Å². The number of rotatable bonds is 5. The summed E-state index contributed by atoms with van der Waals surface area (Å²) in [6.45, 7) is 1.61. The monoisotopic (exact) mass is 356 g/mol. The molecule has 6 heteroatoms. The Bertz CT molecular complexity index is 914. The standard InChI is InChI=1S/C19H14ClFN2O2/c1-12-9-18(23-19(22-12)14-3-2-4-15(20)10-14)25-11-17(24)13-5-7-16(21)8-6-13/h2-10H,11H2,1H3. The van der Waals surface area contributed by atoms with E-state index in [2.05, 4.69) is 9.97 Å². The molecule has 0 bridgehead atoms. The van der Waals surface area contributed by atoms with Crippen molar-refractivity contribution in [1.29, 1.82) is 0 Å². The van der Waals surface area contributed by atoms with Crippen LogP contribution in [0.25, 0.3) is 11.4 Å². The summed E-state index contributed by atoms with van der Waals surface area (Å²) in [5.74, 6) is 0.0975. The number of hydrogen-bond acceptors (Lipinski definition) is 4. The van der Waals surface area contributed by atoms with E-state index in [1.54, 1.807) is 18.2 Å². The minimum absolute atomic E-state index is 0.197. The lowest BCUT2D eigenvalue weighted by Gasteiger charge is -2.08. The second-order valence-corrected chi connectivity index (χ2v) is 5.84. The van der Waals surface area contributed by atoms with E-state index < -0.39 is 5.82 Å². The Hall–Kier alpha value is -2.79. The number of halogens is 2. The van der Waals surface area contributed by atoms with Gasteiger partial charge in [0, 0.05) is 27.9 Å². The summed E-state index contributed by atoms with van der Waals surface area (Å²) >= 11 is 6.00. The van der Waals surface area contributed by atoms with E-state index in [1.807, 2.05) is 19.1 Å². The Morgan fingerprint density at radius 3 is 2.60 bits per heavy atom. The highest BCUT2D eigenvalue weighted by atomic mass is 35.5. The number of nitrogens with zero attached hydrogens (tertiary/aromatic N) is 2. The molecule has 4 nitrogen and oxygen atoms in total. The molecule has 0 atom stereocenters. The van der Waals surface area contributed by atoms with Crippen molar-refractivity contribution in [2.45, 2.75) is 6.92 Å². The first-order valence-corrected chi connectivity index (χ1v) is 7.92. The molecule has 3 rings (SSSR count). The predicted molar refractivity (Wildman–Crippen MR) is 93.4 cm³/mol. The first-order valence-electron chi connectivity index (χ1n) is 7.54.